The molecule has 144 valence electrons. The second kappa shape index (κ2) is 6.85. The highest BCUT2D eigenvalue weighted by molar-refractivity contribution is 6.02. The monoisotopic (exact) mass is 388 g/mol. The summed E-state index contributed by atoms with van der Waals surface area (Å²) in [7, 11) is 0. The first-order valence-electron chi connectivity index (χ1n) is 10.2. The van der Waals surface area contributed by atoms with Crippen LogP contribution in [-0.2, 0) is 0 Å². The van der Waals surface area contributed by atoms with Crippen molar-refractivity contribution in [2.24, 2.45) is 0 Å². The summed E-state index contributed by atoms with van der Waals surface area (Å²) in [5, 5.41) is 11.7. The van der Waals surface area contributed by atoms with E-state index in [1.807, 2.05) is 0 Å². The highest BCUT2D eigenvalue weighted by Gasteiger charge is 2.23. The summed E-state index contributed by atoms with van der Waals surface area (Å²) in [4.78, 5) is 4.50. The summed E-state index contributed by atoms with van der Waals surface area (Å²) >= 11 is 0. The van der Waals surface area contributed by atoms with Crippen molar-refractivity contribution in [2.45, 2.75) is 0 Å². The molecule has 0 spiro atoms. The number of rotatable bonds is 2. The van der Waals surface area contributed by atoms with Gasteiger partial charge in [-0.25, -0.2) is 0 Å². The number of para-hydroxylation sites is 2. The number of benzene rings is 3. The molecule has 0 fully saturated rings. The van der Waals surface area contributed by atoms with Gasteiger partial charge in [0.15, 0.2) is 11.6 Å². The molecule has 0 saturated carbocycles. The van der Waals surface area contributed by atoms with E-state index in [1.165, 1.54) is 22.5 Å². The molecule has 3 aromatic carbocycles. The SMILES string of the molecule is C1=Cc2ccccc2N(c2nnc(N3CC=Cc4ccccc43)c3ccccc23)C1. The van der Waals surface area contributed by atoms with Crippen LogP contribution < -0.4 is 9.80 Å². The van der Waals surface area contributed by atoms with Crippen molar-refractivity contribution in [3.63, 3.8) is 0 Å². The molecule has 0 aliphatic carbocycles. The molecule has 4 heteroatoms. The van der Waals surface area contributed by atoms with Gasteiger partial charge in [-0.3, -0.25) is 0 Å². The third kappa shape index (κ3) is 2.61. The van der Waals surface area contributed by atoms with Crippen LogP contribution in [-0.4, -0.2) is 23.3 Å². The molecule has 1 aromatic heterocycles. The molecule has 0 atom stereocenters. The van der Waals surface area contributed by atoms with Gasteiger partial charge in [-0.05, 0) is 23.3 Å². The Hall–Kier alpha value is -3.92. The van der Waals surface area contributed by atoms with Crippen LogP contribution in [0.3, 0.4) is 0 Å². The van der Waals surface area contributed by atoms with E-state index in [2.05, 4.69) is 107 Å². The minimum absolute atomic E-state index is 0.782. The average molecular weight is 388 g/mol. The second-order valence-electron chi connectivity index (χ2n) is 7.54. The number of hydrogen-bond donors (Lipinski definition) is 0. The molecule has 30 heavy (non-hydrogen) atoms. The van der Waals surface area contributed by atoms with Gasteiger partial charge in [-0.2, -0.15) is 0 Å². The maximum atomic E-state index is 4.75. The van der Waals surface area contributed by atoms with Crippen molar-refractivity contribution in [1.29, 1.82) is 0 Å². The predicted molar refractivity (Wildman–Crippen MR) is 125 cm³/mol. The Labute approximate surface area is 175 Å². The van der Waals surface area contributed by atoms with Crippen LogP contribution in [0.5, 0.6) is 0 Å². The lowest BCUT2D eigenvalue weighted by Gasteiger charge is -2.30. The Bertz CT molecular complexity index is 1220. The quantitative estimate of drug-likeness (QED) is 0.424. The van der Waals surface area contributed by atoms with Crippen LogP contribution in [0.1, 0.15) is 11.1 Å². The Balaban J connectivity index is 1.53. The summed E-state index contributed by atoms with van der Waals surface area (Å²) in [5.41, 5.74) is 4.74. The molecule has 0 N–H and O–H groups in total. The first-order chi connectivity index (χ1) is 14.9. The molecular weight excluding hydrogens is 368 g/mol. The van der Waals surface area contributed by atoms with Crippen molar-refractivity contribution >= 4 is 45.9 Å². The van der Waals surface area contributed by atoms with Crippen LogP contribution in [0.25, 0.3) is 22.9 Å². The topological polar surface area (TPSA) is 32.3 Å². The van der Waals surface area contributed by atoms with Gasteiger partial charge < -0.3 is 9.80 Å². The largest absolute Gasteiger partial charge is 0.320 e. The van der Waals surface area contributed by atoms with E-state index in [0.29, 0.717) is 0 Å². The van der Waals surface area contributed by atoms with Crippen LogP contribution in [0, 0.1) is 0 Å². The molecule has 3 heterocycles. The van der Waals surface area contributed by atoms with Gasteiger partial charge in [0.2, 0.25) is 0 Å². The van der Waals surface area contributed by atoms with Gasteiger partial charge in [-0.1, -0.05) is 85.0 Å². The zero-order valence-corrected chi connectivity index (χ0v) is 16.4. The third-order valence-electron chi connectivity index (χ3n) is 5.79. The van der Waals surface area contributed by atoms with Crippen LogP contribution >= 0.6 is 0 Å². The lowest BCUT2D eigenvalue weighted by atomic mass is 10.1. The van der Waals surface area contributed by atoms with Crippen LogP contribution in [0.15, 0.2) is 84.9 Å². The lowest BCUT2D eigenvalue weighted by molar-refractivity contribution is 0.937. The standard InChI is InChI=1S/C26H20N4/c1-5-15-23-19(9-1)11-7-17-29(23)25-21-13-3-4-14-22(21)26(28-27-25)30-18-8-12-20-10-2-6-16-24(20)30/h1-16H,17-18H2. The maximum absolute atomic E-state index is 4.75. The smallest absolute Gasteiger partial charge is 0.164 e. The van der Waals surface area contributed by atoms with Crippen molar-refractivity contribution in [3.8, 4) is 0 Å². The van der Waals surface area contributed by atoms with Gasteiger partial charge in [0, 0.05) is 23.9 Å². The molecule has 2 aliphatic heterocycles. The summed E-state index contributed by atoms with van der Waals surface area (Å²) in [6, 6.07) is 25.3. The van der Waals surface area contributed by atoms with Gasteiger partial charge in [0.25, 0.3) is 0 Å². The molecular formula is C26H20N4. The number of fused-ring (bicyclic) bond motifs is 3. The summed E-state index contributed by atoms with van der Waals surface area (Å²) in [6.45, 7) is 1.56. The van der Waals surface area contributed by atoms with Crippen molar-refractivity contribution in [2.75, 3.05) is 22.9 Å². The zero-order chi connectivity index (χ0) is 19.9. The predicted octanol–water partition coefficient (Wildman–Crippen LogP) is 5.96. The summed E-state index contributed by atoms with van der Waals surface area (Å²) in [6.07, 6.45) is 8.70. The average Bonchev–Trinajstić information content (AvgIpc) is 2.83. The van der Waals surface area contributed by atoms with E-state index < -0.39 is 0 Å². The molecule has 4 nitrogen and oxygen atoms in total. The Morgan fingerprint density at radius 3 is 1.47 bits per heavy atom. The Morgan fingerprint density at radius 1 is 0.533 bits per heavy atom. The molecule has 6 rings (SSSR count). The van der Waals surface area contributed by atoms with E-state index in [1.54, 1.807) is 0 Å². The van der Waals surface area contributed by atoms with Gasteiger partial charge in [0.1, 0.15) is 0 Å². The Morgan fingerprint density at radius 2 is 0.967 bits per heavy atom. The van der Waals surface area contributed by atoms with E-state index in [0.717, 1.165) is 35.5 Å². The molecule has 0 unspecified atom stereocenters. The van der Waals surface area contributed by atoms with Gasteiger partial charge >= 0.3 is 0 Å². The highest BCUT2D eigenvalue weighted by atomic mass is 15.3. The summed E-state index contributed by atoms with van der Waals surface area (Å²) < 4.78 is 0. The fraction of sp³-hybridized carbons (Fsp3) is 0.0769. The first kappa shape index (κ1) is 17.0. The fourth-order valence-electron chi connectivity index (χ4n) is 4.39. The Kier molecular flexibility index (Phi) is 3.88. The number of nitrogens with zero attached hydrogens (tertiary/aromatic N) is 4. The second-order valence-corrected chi connectivity index (χ2v) is 7.54. The minimum atomic E-state index is 0.782. The van der Waals surface area contributed by atoms with E-state index >= 15 is 0 Å². The maximum Gasteiger partial charge on any atom is 0.164 e. The molecule has 0 saturated heterocycles. The third-order valence-corrected chi connectivity index (χ3v) is 5.79. The molecule has 4 aromatic rings. The molecule has 2 aliphatic rings. The van der Waals surface area contributed by atoms with Gasteiger partial charge in [0.05, 0.1) is 11.4 Å². The number of hydrogen-bond acceptors (Lipinski definition) is 4. The lowest BCUT2D eigenvalue weighted by Crippen LogP contribution is -2.25. The molecule has 0 amide bonds. The van der Waals surface area contributed by atoms with E-state index in [4.69, 9.17) is 10.2 Å². The van der Waals surface area contributed by atoms with Crippen molar-refractivity contribution in [3.05, 3.63) is 96.1 Å². The highest BCUT2D eigenvalue weighted by Crippen LogP contribution is 2.39. The zero-order valence-electron chi connectivity index (χ0n) is 16.4. The minimum Gasteiger partial charge on any atom is -0.320 e. The summed E-state index contributed by atoms with van der Waals surface area (Å²) in [5.74, 6) is 1.79. The van der Waals surface area contributed by atoms with Crippen LogP contribution in [0.4, 0.5) is 23.0 Å². The van der Waals surface area contributed by atoms with Crippen molar-refractivity contribution < 1.29 is 0 Å². The van der Waals surface area contributed by atoms with Crippen LogP contribution in [0.2, 0.25) is 0 Å². The van der Waals surface area contributed by atoms with Gasteiger partial charge in [-0.15, -0.1) is 10.2 Å². The first-order valence-corrected chi connectivity index (χ1v) is 10.2. The fourth-order valence-corrected chi connectivity index (χ4v) is 4.39. The van der Waals surface area contributed by atoms with E-state index in [9.17, 15) is 0 Å². The molecule has 0 radical (unpaired) electrons. The molecule has 0 bridgehead atoms. The number of aromatic nitrogens is 2. The number of anilines is 4. The van der Waals surface area contributed by atoms with E-state index in [-0.39, 0.29) is 0 Å². The van der Waals surface area contributed by atoms with Crippen molar-refractivity contribution in [1.82, 2.24) is 10.2 Å². The normalized spacial score (nSPS) is 14.7.